The smallest absolute Gasteiger partial charge is 0.223 e. The summed E-state index contributed by atoms with van der Waals surface area (Å²) in [5.41, 5.74) is 1.77. The Labute approximate surface area is 141 Å². The summed E-state index contributed by atoms with van der Waals surface area (Å²) < 4.78 is 0. The number of phenols is 3. The number of nitrogens with zero attached hydrogens (tertiary/aromatic N) is 1. The Balaban J connectivity index is 1.97. The van der Waals surface area contributed by atoms with Crippen LogP contribution in [0, 0.1) is 0 Å². The van der Waals surface area contributed by atoms with Crippen LogP contribution in [0.1, 0.15) is 30.9 Å². The number of carbonyl (C=O) groups excluding carboxylic acids is 1. The summed E-state index contributed by atoms with van der Waals surface area (Å²) >= 11 is 0. The Kier molecular flexibility index (Phi) is 6.07. The molecule has 0 aromatic heterocycles. The van der Waals surface area contributed by atoms with Crippen LogP contribution in [-0.2, 0) is 17.8 Å². The van der Waals surface area contributed by atoms with Crippen molar-refractivity contribution in [1.82, 2.24) is 4.90 Å². The van der Waals surface area contributed by atoms with E-state index < -0.39 is 0 Å². The van der Waals surface area contributed by atoms with E-state index in [9.17, 15) is 20.1 Å². The molecule has 0 spiro atoms. The fraction of sp³-hybridized carbons (Fsp3) is 0.316. The molecule has 24 heavy (non-hydrogen) atoms. The normalized spacial score (nSPS) is 10.5. The second kappa shape index (κ2) is 8.24. The van der Waals surface area contributed by atoms with Crippen LogP contribution in [0.3, 0.4) is 0 Å². The van der Waals surface area contributed by atoms with Gasteiger partial charge in [-0.15, -0.1) is 0 Å². The van der Waals surface area contributed by atoms with Gasteiger partial charge in [0.05, 0.1) is 0 Å². The van der Waals surface area contributed by atoms with E-state index in [0.29, 0.717) is 25.9 Å². The Morgan fingerprint density at radius 3 is 2.25 bits per heavy atom. The Morgan fingerprint density at radius 2 is 1.62 bits per heavy atom. The molecule has 0 bridgehead atoms. The molecule has 5 nitrogen and oxygen atoms in total. The predicted molar refractivity (Wildman–Crippen MR) is 91.9 cm³/mol. The number of amides is 1. The van der Waals surface area contributed by atoms with Gasteiger partial charge in [0.2, 0.25) is 5.91 Å². The zero-order chi connectivity index (χ0) is 17.5. The topological polar surface area (TPSA) is 81.0 Å². The van der Waals surface area contributed by atoms with Crippen LogP contribution in [0.2, 0.25) is 0 Å². The minimum absolute atomic E-state index is 0.0393. The summed E-state index contributed by atoms with van der Waals surface area (Å²) in [5.74, 6) is -0.0868. The number of hydrogen-bond donors (Lipinski definition) is 3. The van der Waals surface area contributed by atoms with E-state index >= 15 is 0 Å². The van der Waals surface area contributed by atoms with Crippen molar-refractivity contribution in [2.75, 3.05) is 6.54 Å². The maximum Gasteiger partial charge on any atom is 0.223 e. The van der Waals surface area contributed by atoms with Crippen molar-refractivity contribution < 1.29 is 20.1 Å². The molecular weight excluding hydrogens is 306 g/mol. The number of hydrogen-bond acceptors (Lipinski definition) is 4. The molecular formula is C19H23NO4. The highest BCUT2D eigenvalue weighted by Gasteiger charge is 2.14. The molecule has 0 aliphatic carbocycles. The largest absolute Gasteiger partial charge is 0.508 e. The molecule has 1 amide bonds. The molecule has 0 saturated carbocycles. The van der Waals surface area contributed by atoms with Gasteiger partial charge in [0.25, 0.3) is 0 Å². The van der Waals surface area contributed by atoms with Crippen molar-refractivity contribution in [3.8, 4) is 17.2 Å². The van der Waals surface area contributed by atoms with Gasteiger partial charge in [0.15, 0.2) is 11.5 Å². The molecule has 128 valence electrons. The van der Waals surface area contributed by atoms with Crippen molar-refractivity contribution in [2.45, 2.75) is 32.7 Å². The Bertz CT molecular complexity index is 682. The molecule has 0 fully saturated rings. The van der Waals surface area contributed by atoms with Crippen molar-refractivity contribution in [3.05, 3.63) is 53.6 Å². The molecule has 2 rings (SSSR count). The molecule has 2 aromatic rings. The summed E-state index contributed by atoms with van der Waals surface area (Å²) in [5, 5.41) is 28.2. The van der Waals surface area contributed by atoms with Crippen LogP contribution in [0.4, 0.5) is 0 Å². The number of aromatic hydroxyl groups is 3. The first-order valence-electron chi connectivity index (χ1n) is 8.06. The van der Waals surface area contributed by atoms with Gasteiger partial charge in [-0.25, -0.2) is 0 Å². The predicted octanol–water partition coefficient (Wildman–Crippen LogP) is 3.17. The Morgan fingerprint density at radius 1 is 0.958 bits per heavy atom. The minimum atomic E-state index is -0.172. The average Bonchev–Trinajstić information content (AvgIpc) is 2.57. The maximum absolute atomic E-state index is 12.5. The van der Waals surface area contributed by atoms with Gasteiger partial charge >= 0.3 is 0 Å². The van der Waals surface area contributed by atoms with Crippen LogP contribution < -0.4 is 0 Å². The van der Waals surface area contributed by atoms with Gasteiger partial charge in [-0.1, -0.05) is 25.1 Å². The van der Waals surface area contributed by atoms with E-state index in [-0.39, 0.29) is 23.2 Å². The monoisotopic (exact) mass is 329 g/mol. The number of phenolic OH excluding ortho intramolecular Hbond substituents is 3. The van der Waals surface area contributed by atoms with Crippen LogP contribution in [-0.4, -0.2) is 32.7 Å². The van der Waals surface area contributed by atoms with Crippen LogP contribution >= 0.6 is 0 Å². The molecule has 3 N–H and O–H groups in total. The summed E-state index contributed by atoms with van der Waals surface area (Å²) in [6.45, 7) is 3.20. The fourth-order valence-corrected chi connectivity index (χ4v) is 2.52. The molecule has 0 heterocycles. The van der Waals surface area contributed by atoms with Crippen molar-refractivity contribution >= 4 is 5.91 Å². The lowest BCUT2D eigenvalue weighted by Crippen LogP contribution is -2.31. The van der Waals surface area contributed by atoms with E-state index in [0.717, 1.165) is 17.5 Å². The van der Waals surface area contributed by atoms with Crippen LogP contribution in [0.15, 0.2) is 42.5 Å². The lowest BCUT2D eigenvalue weighted by molar-refractivity contribution is -0.131. The SMILES string of the molecule is CCCN(Cc1ccc(O)cc1)C(=O)CCc1ccc(O)c(O)c1. The summed E-state index contributed by atoms with van der Waals surface area (Å²) in [6, 6.07) is 11.5. The first-order chi connectivity index (χ1) is 11.5. The standard InChI is InChI=1S/C19H23NO4/c1-2-11-20(13-15-3-7-16(21)8-4-15)19(24)10-6-14-5-9-17(22)18(23)12-14/h3-5,7-9,12,21-23H,2,6,10-11,13H2,1H3. The molecule has 0 aliphatic rings. The summed E-state index contributed by atoms with van der Waals surface area (Å²) in [6.07, 6.45) is 1.70. The molecule has 0 aliphatic heterocycles. The van der Waals surface area contributed by atoms with Gasteiger partial charge in [0.1, 0.15) is 5.75 Å². The highest BCUT2D eigenvalue weighted by molar-refractivity contribution is 5.76. The summed E-state index contributed by atoms with van der Waals surface area (Å²) in [7, 11) is 0. The maximum atomic E-state index is 12.5. The van der Waals surface area contributed by atoms with Gasteiger partial charge in [-0.2, -0.15) is 0 Å². The highest BCUT2D eigenvalue weighted by Crippen LogP contribution is 2.25. The molecule has 0 saturated heterocycles. The van der Waals surface area contributed by atoms with Crippen molar-refractivity contribution in [1.29, 1.82) is 0 Å². The molecule has 0 atom stereocenters. The second-order valence-electron chi connectivity index (χ2n) is 5.80. The third-order valence-corrected chi connectivity index (χ3v) is 3.82. The first kappa shape index (κ1) is 17.7. The van der Waals surface area contributed by atoms with Gasteiger partial charge < -0.3 is 20.2 Å². The van der Waals surface area contributed by atoms with Gasteiger partial charge in [0, 0.05) is 19.5 Å². The number of aryl methyl sites for hydroxylation is 1. The zero-order valence-electron chi connectivity index (χ0n) is 13.8. The molecule has 2 aromatic carbocycles. The Hall–Kier alpha value is -2.69. The minimum Gasteiger partial charge on any atom is -0.508 e. The quantitative estimate of drug-likeness (QED) is 0.682. The van der Waals surface area contributed by atoms with E-state index in [1.165, 1.54) is 12.1 Å². The van der Waals surface area contributed by atoms with Gasteiger partial charge in [-0.3, -0.25) is 4.79 Å². The fourth-order valence-electron chi connectivity index (χ4n) is 2.52. The lowest BCUT2D eigenvalue weighted by atomic mass is 10.1. The molecule has 5 heteroatoms. The van der Waals surface area contributed by atoms with E-state index in [2.05, 4.69) is 0 Å². The third kappa shape index (κ3) is 4.91. The number of benzene rings is 2. The van der Waals surface area contributed by atoms with E-state index in [1.807, 2.05) is 19.1 Å². The molecule has 0 radical (unpaired) electrons. The summed E-state index contributed by atoms with van der Waals surface area (Å²) in [4.78, 5) is 14.3. The van der Waals surface area contributed by atoms with Crippen molar-refractivity contribution in [2.24, 2.45) is 0 Å². The highest BCUT2D eigenvalue weighted by atomic mass is 16.3. The van der Waals surface area contributed by atoms with Crippen molar-refractivity contribution in [3.63, 3.8) is 0 Å². The lowest BCUT2D eigenvalue weighted by Gasteiger charge is -2.22. The van der Waals surface area contributed by atoms with Gasteiger partial charge in [-0.05, 0) is 48.2 Å². The second-order valence-corrected chi connectivity index (χ2v) is 5.80. The third-order valence-electron chi connectivity index (χ3n) is 3.82. The average molecular weight is 329 g/mol. The van der Waals surface area contributed by atoms with Crippen LogP contribution in [0.25, 0.3) is 0 Å². The van der Waals surface area contributed by atoms with Crippen LogP contribution in [0.5, 0.6) is 17.2 Å². The first-order valence-corrected chi connectivity index (χ1v) is 8.06. The molecule has 0 unspecified atom stereocenters. The number of carbonyl (C=O) groups is 1. The van der Waals surface area contributed by atoms with E-state index in [1.54, 1.807) is 23.1 Å². The number of rotatable bonds is 7. The van der Waals surface area contributed by atoms with E-state index in [4.69, 9.17) is 0 Å². The zero-order valence-corrected chi connectivity index (χ0v) is 13.8.